The summed E-state index contributed by atoms with van der Waals surface area (Å²) in [4.78, 5) is 12.6. The Labute approximate surface area is 213 Å². The van der Waals surface area contributed by atoms with Gasteiger partial charge in [0, 0.05) is 5.69 Å². The van der Waals surface area contributed by atoms with Crippen LogP contribution in [0.5, 0.6) is 17.2 Å². The number of carbonyl (C=O) groups excluding carboxylic acids is 1. The molecule has 1 aliphatic rings. The SMILES string of the molecule is Cc1cccc(NC(=O)/C(C#N)=C\c2cc(Br)c(OCc3ccc4c(c3)OCO4)c(I)c2)c1. The van der Waals surface area contributed by atoms with Gasteiger partial charge in [-0.15, -0.1) is 0 Å². The van der Waals surface area contributed by atoms with Gasteiger partial charge in [0.2, 0.25) is 6.79 Å². The summed E-state index contributed by atoms with van der Waals surface area (Å²) in [5, 5.41) is 12.3. The number of rotatable bonds is 6. The fraction of sp³-hybridized carbons (Fsp3) is 0.120. The van der Waals surface area contributed by atoms with Crippen molar-refractivity contribution >= 4 is 56.2 Å². The molecule has 3 aromatic carbocycles. The number of aryl methyl sites for hydroxylation is 1. The zero-order chi connectivity index (χ0) is 23.4. The summed E-state index contributed by atoms with van der Waals surface area (Å²) in [6.45, 7) is 2.51. The smallest absolute Gasteiger partial charge is 0.266 e. The molecule has 1 heterocycles. The molecule has 0 bridgehead atoms. The van der Waals surface area contributed by atoms with E-state index in [0.29, 0.717) is 29.4 Å². The van der Waals surface area contributed by atoms with Crippen LogP contribution in [0.15, 0.2) is 64.6 Å². The maximum Gasteiger partial charge on any atom is 0.266 e. The molecule has 8 heteroatoms. The highest BCUT2D eigenvalue weighted by Gasteiger charge is 2.15. The van der Waals surface area contributed by atoms with Gasteiger partial charge in [0.05, 0.1) is 8.04 Å². The highest BCUT2D eigenvalue weighted by molar-refractivity contribution is 14.1. The van der Waals surface area contributed by atoms with E-state index in [4.69, 9.17) is 14.2 Å². The van der Waals surface area contributed by atoms with E-state index in [-0.39, 0.29) is 12.4 Å². The quantitative estimate of drug-likeness (QED) is 0.202. The first kappa shape index (κ1) is 23.1. The number of nitriles is 1. The van der Waals surface area contributed by atoms with E-state index < -0.39 is 5.91 Å². The topological polar surface area (TPSA) is 80.6 Å². The van der Waals surface area contributed by atoms with Gasteiger partial charge in [0.1, 0.15) is 24.0 Å². The second-order valence-corrected chi connectivity index (χ2v) is 9.30. The Balaban J connectivity index is 1.49. The monoisotopic (exact) mass is 616 g/mol. The number of ether oxygens (including phenoxy) is 3. The molecular weight excluding hydrogens is 599 g/mol. The van der Waals surface area contributed by atoms with Crippen LogP contribution in [0.2, 0.25) is 0 Å². The summed E-state index contributed by atoms with van der Waals surface area (Å²) in [6.07, 6.45) is 1.56. The minimum Gasteiger partial charge on any atom is -0.487 e. The number of amides is 1. The van der Waals surface area contributed by atoms with Gasteiger partial charge in [-0.05, 0) is 105 Å². The first-order chi connectivity index (χ1) is 15.9. The molecule has 1 N–H and O–H groups in total. The van der Waals surface area contributed by atoms with E-state index in [2.05, 4.69) is 43.8 Å². The van der Waals surface area contributed by atoms with E-state index in [0.717, 1.165) is 24.9 Å². The van der Waals surface area contributed by atoms with Crippen LogP contribution in [0.1, 0.15) is 16.7 Å². The molecule has 0 fully saturated rings. The Morgan fingerprint density at radius 3 is 2.79 bits per heavy atom. The van der Waals surface area contributed by atoms with Gasteiger partial charge in [0.15, 0.2) is 11.5 Å². The number of nitrogens with one attached hydrogen (secondary N) is 1. The highest BCUT2D eigenvalue weighted by Crippen LogP contribution is 2.35. The molecule has 0 saturated carbocycles. The number of hydrogen-bond donors (Lipinski definition) is 1. The van der Waals surface area contributed by atoms with Gasteiger partial charge < -0.3 is 19.5 Å². The summed E-state index contributed by atoms with van der Waals surface area (Å²) >= 11 is 5.71. The maximum absolute atomic E-state index is 12.6. The Kier molecular flexibility index (Phi) is 7.20. The van der Waals surface area contributed by atoms with Gasteiger partial charge >= 0.3 is 0 Å². The third-order valence-corrected chi connectivity index (χ3v) is 6.18. The van der Waals surface area contributed by atoms with E-state index in [1.807, 2.05) is 61.5 Å². The third kappa shape index (κ3) is 5.67. The van der Waals surface area contributed by atoms with Crippen LogP contribution in [-0.2, 0) is 11.4 Å². The highest BCUT2D eigenvalue weighted by atomic mass is 127. The van der Waals surface area contributed by atoms with Gasteiger partial charge in [-0.25, -0.2) is 0 Å². The molecule has 0 aromatic heterocycles. The van der Waals surface area contributed by atoms with E-state index in [9.17, 15) is 10.1 Å². The first-order valence-electron chi connectivity index (χ1n) is 9.93. The molecule has 166 valence electrons. The molecule has 1 amide bonds. The predicted molar refractivity (Wildman–Crippen MR) is 137 cm³/mol. The van der Waals surface area contributed by atoms with E-state index in [1.165, 1.54) is 0 Å². The van der Waals surface area contributed by atoms with E-state index in [1.54, 1.807) is 12.1 Å². The number of carbonyl (C=O) groups is 1. The van der Waals surface area contributed by atoms with Gasteiger partial charge in [-0.3, -0.25) is 4.79 Å². The van der Waals surface area contributed by atoms with Gasteiger partial charge in [-0.1, -0.05) is 18.2 Å². The van der Waals surface area contributed by atoms with E-state index >= 15 is 0 Å². The summed E-state index contributed by atoms with van der Waals surface area (Å²) in [6, 6.07) is 18.8. The minimum atomic E-state index is -0.461. The Bertz CT molecular complexity index is 1280. The van der Waals surface area contributed by atoms with Crippen LogP contribution < -0.4 is 19.5 Å². The van der Waals surface area contributed by atoms with Crippen molar-refractivity contribution in [1.82, 2.24) is 0 Å². The van der Waals surface area contributed by atoms with Crippen molar-refractivity contribution in [3.05, 3.63) is 84.9 Å². The average molecular weight is 617 g/mol. The number of benzene rings is 3. The molecule has 33 heavy (non-hydrogen) atoms. The normalized spacial score (nSPS) is 12.2. The zero-order valence-corrected chi connectivity index (χ0v) is 21.3. The molecule has 0 radical (unpaired) electrons. The number of nitrogens with zero attached hydrogens (tertiary/aromatic N) is 1. The lowest BCUT2D eigenvalue weighted by Crippen LogP contribution is -2.13. The number of hydrogen-bond acceptors (Lipinski definition) is 5. The van der Waals surface area contributed by atoms with Crippen LogP contribution >= 0.6 is 38.5 Å². The zero-order valence-electron chi connectivity index (χ0n) is 17.5. The number of fused-ring (bicyclic) bond motifs is 1. The minimum absolute atomic E-state index is 0.00762. The lowest BCUT2D eigenvalue weighted by Gasteiger charge is -2.12. The molecule has 0 unspecified atom stereocenters. The molecule has 1 aliphatic heterocycles. The van der Waals surface area contributed by atoms with Crippen LogP contribution in [0.25, 0.3) is 6.08 Å². The van der Waals surface area contributed by atoms with Crippen molar-refractivity contribution in [1.29, 1.82) is 5.26 Å². The second-order valence-electron chi connectivity index (χ2n) is 7.28. The summed E-state index contributed by atoms with van der Waals surface area (Å²) in [7, 11) is 0. The fourth-order valence-electron chi connectivity index (χ4n) is 3.22. The first-order valence-corrected chi connectivity index (χ1v) is 11.8. The summed E-state index contributed by atoms with van der Waals surface area (Å²) in [5.41, 5.74) is 3.32. The third-order valence-electron chi connectivity index (χ3n) is 4.79. The average Bonchev–Trinajstić information content (AvgIpc) is 3.25. The molecule has 3 aromatic rings. The molecular formula is C25H18BrIN2O4. The predicted octanol–water partition coefficient (Wildman–Crippen LogP) is 6.22. The number of anilines is 1. The van der Waals surface area contributed by atoms with Crippen molar-refractivity contribution in [3.63, 3.8) is 0 Å². The van der Waals surface area contributed by atoms with Crippen LogP contribution in [0, 0.1) is 21.8 Å². The van der Waals surface area contributed by atoms with Crippen molar-refractivity contribution < 1.29 is 19.0 Å². The maximum atomic E-state index is 12.6. The van der Waals surface area contributed by atoms with Crippen molar-refractivity contribution in [2.24, 2.45) is 0 Å². The van der Waals surface area contributed by atoms with Crippen molar-refractivity contribution in [3.8, 4) is 23.3 Å². The van der Waals surface area contributed by atoms with Gasteiger partial charge in [-0.2, -0.15) is 5.26 Å². The van der Waals surface area contributed by atoms with Gasteiger partial charge in [0.25, 0.3) is 5.91 Å². The summed E-state index contributed by atoms with van der Waals surface area (Å²) in [5.74, 6) is 1.65. The molecule has 0 aliphatic carbocycles. The fourth-order valence-corrected chi connectivity index (χ4v) is 4.99. The summed E-state index contributed by atoms with van der Waals surface area (Å²) < 4.78 is 18.3. The molecule has 0 atom stereocenters. The standard InChI is InChI=1S/C25H18BrIN2O4/c1-15-3-2-4-19(7-15)29-25(30)18(12-28)8-17-9-20(26)24(21(27)10-17)31-13-16-5-6-22-23(11-16)33-14-32-22/h2-11H,13-14H2,1H3,(H,29,30)/b18-8-. The molecule has 0 saturated heterocycles. The van der Waals surface area contributed by atoms with Crippen molar-refractivity contribution in [2.75, 3.05) is 12.1 Å². The number of halogens is 2. The second kappa shape index (κ2) is 10.3. The van der Waals surface area contributed by atoms with Crippen LogP contribution in [0.4, 0.5) is 5.69 Å². The Morgan fingerprint density at radius 1 is 1.21 bits per heavy atom. The van der Waals surface area contributed by atoms with Crippen LogP contribution in [0.3, 0.4) is 0 Å². The molecule has 4 rings (SSSR count). The lowest BCUT2D eigenvalue weighted by molar-refractivity contribution is -0.112. The largest absolute Gasteiger partial charge is 0.487 e. The Hall–Kier alpha value is -3.03. The Morgan fingerprint density at radius 2 is 2.03 bits per heavy atom. The molecule has 0 spiro atoms. The van der Waals surface area contributed by atoms with Crippen molar-refractivity contribution in [2.45, 2.75) is 13.5 Å². The van der Waals surface area contributed by atoms with Crippen LogP contribution in [-0.4, -0.2) is 12.7 Å². The lowest BCUT2D eigenvalue weighted by atomic mass is 10.1. The molecule has 6 nitrogen and oxygen atoms in total.